The third-order valence-corrected chi connectivity index (χ3v) is 2.89. The van der Waals surface area contributed by atoms with Crippen LogP contribution in [0.1, 0.15) is 26.3 Å². The summed E-state index contributed by atoms with van der Waals surface area (Å²) in [7, 11) is 0. The number of benzene rings is 2. The molecule has 0 spiro atoms. The number of amides is 1. The van der Waals surface area contributed by atoms with Gasteiger partial charge in [0.05, 0.1) is 5.56 Å². The zero-order chi connectivity index (χ0) is 15.6. The molecule has 0 saturated heterocycles. The van der Waals surface area contributed by atoms with Crippen molar-refractivity contribution in [3.63, 3.8) is 0 Å². The van der Waals surface area contributed by atoms with Crippen LogP contribution in [0, 0.1) is 6.92 Å². The Hall–Kier alpha value is -3.02. The second-order valence-electron chi connectivity index (χ2n) is 4.53. The minimum absolute atomic E-state index is 0.0601. The maximum Gasteiger partial charge on any atom is 0.336 e. The Morgan fingerprint density at radius 3 is 2.19 bits per heavy atom. The first-order valence-electron chi connectivity index (χ1n) is 6.05. The summed E-state index contributed by atoms with van der Waals surface area (Å²) < 4.78 is 0. The number of nitrogens with one attached hydrogen (secondary N) is 1. The van der Waals surface area contributed by atoms with Gasteiger partial charge in [-0.2, -0.15) is 0 Å². The van der Waals surface area contributed by atoms with E-state index in [2.05, 4.69) is 5.32 Å². The van der Waals surface area contributed by atoms with Gasteiger partial charge >= 0.3 is 5.97 Å². The Balaban J connectivity index is 2.27. The highest BCUT2D eigenvalue weighted by Gasteiger charge is 2.12. The van der Waals surface area contributed by atoms with Crippen LogP contribution in [-0.4, -0.2) is 27.2 Å². The Morgan fingerprint density at radius 2 is 1.62 bits per heavy atom. The summed E-state index contributed by atoms with van der Waals surface area (Å²) in [6, 6.07) is 7.99. The molecule has 6 heteroatoms. The molecule has 21 heavy (non-hydrogen) atoms. The minimum atomic E-state index is -1.08. The lowest BCUT2D eigenvalue weighted by Crippen LogP contribution is -2.12. The summed E-state index contributed by atoms with van der Waals surface area (Å²) in [5.74, 6) is -2.13. The lowest BCUT2D eigenvalue weighted by molar-refractivity contribution is 0.0695. The largest absolute Gasteiger partial charge is 0.508 e. The molecule has 1 amide bonds. The second-order valence-corrected chi connectivity index (χ2v) is 4.53. The normalized spacial score (nSPS) is 10.1. The van der Waals surface area contributed by atoms with Gasteiger partial charge in [-0.1, -0.05) is 6.07 Å². The second kappa shape index (κ2) is 5.54. The first kappa shape index (κ1) is 14.4. The summed E-state index contributed by atoms with van der Waals surface area (Å²) in [5, 5.41) is 30.2. The number of aromatic hydroxyl groups is 2. The van der Waals surface area contributed by atoms with Gasteiger partial charge in [-0.15, -0.1) is 0 Å². The van der Waals surface area contributed by atoms with E-state index in [1.165, 1.54) is 18.2 Å². The summed E-state index contributed by atoms with van der Waals surface area (Å²) in [6.07, 6.45) is 0. The quantitative estimate of drug-likeness (QED) is 0.693. The predicted octanol–water partition coefficient (Wildman–Crippen LogP) is 2.36. The third-order valence-electron chi connectivity index (χ3n) is 2.89. The van der Waals surface area contributed by atoms with E-state index in [1.54, 1.807) is 19.1 Å². The molecule has 0 unspecified atom stereocenters. The number of phenols is 2. The number of anilines is 1. The van der Waals surface area contributed by atoms with E-state index in [1.807, 2.05) is 0 Å². The Morgan fingerprint density at radius 1 is 1.00 bits per heavy atom. The molecule has 2 aromatic carbocycles. The van der Waals surface area contributed by atoms with Crippen molar-refractivity contribution in [1.29, 1.82) is 0 Å². The van der Waals surface area contributed by atoms with Crippen molar-refractivity contribution >= 4 is 17.6 Å². The first-order chi connectivity index (χ1) is 9.86. The van der Waals surface area contributed by atoms with Crippen molar-refractivity contribution in [2.24, 2.45) is 0 Å². The third kappa shape index (κ3) is 3.30. The van der Waals surface area contributed by atoms with Crippen molar-refractivity contribution in [2.75, 3.05) is 5.32 Å². The standard InChI is InChI=1S/C15H13NO5/c1-8-2-3-10(6-13(8)15(20)21)16-14(19)9-4-11(17)7-12(18)5-9/h2-7,17-18H,1H3,(H,16,19)(H,20,21). The number of carbonyl (C=O) groups excluding carboxylic acids is 1. The maximum absolute atomic E-state index is 12.0. The molecule has 2 aromatic rings. The van der Waals surface area contributed by atoms with E-state index in [0.29, 0.717) is 11.3 Å². The van der Waals surface area contributed by atoms with Crippen LogP contribution in [-0.2, 0) is 0 Å². The molecule has 6 nitrogen and oxygen atoms in total. The summed E-state index contributed by atoms with van der Waals surface area (Å²) in [6.45, 7) is 1.66. The lowest BCUT2D eigenvalue weighted by atomic mass is 10.1. The topological polar surface area (TPSA) is 107 Å². The zero-order valence-electron chi connectivity index (χ0n) is 11.1. The number of hydrogen-bond donors (Lipinski definition) is 4. The van der Waals surface area contributed by atoms with Crippen LogP contribution in [0.25, 0.3) is 0 Å². The summed E-state index contributed by atoms with van der Waals surface area (Å²) in [5.41, 5.74) is 1.04. The molecule has 4 N–H and O–H groups in total. The molecule has 0 aliphatic heterocycles. The number of hydrogen-bond acceptors (Lipinski definition) is 4. The number of carboxylic acids is 1. The molecule has 2 rings (SSSR count). The molecule has 0 radical (unpaired) electrons. The van der Waals surface area contributed by atoms with Crippen molar-refractivity contribution < 1.29 is 24.9 Å². The fourth-order valence-corrected chi connectivity index (χ4v) is 1.86. The van der Waals surface area contributed by atoms with Crippen LogP contribution in [0.2, 0.25) is 0 Å². The summed E-state index contributed by atoms with van der Waals surface area (Å²) >= 11 is 0. The van der Waals surface area contributed by atoms with E-state index >= 15 is 0 Å². The molecule has 0 fully saturated rings. The smallest absolute Gasteiger partial charge is 0.336 e. The van der Waals surface area contributed by atoms with Crippen LogP contribution < -0.4 is 5.32 Å². The monoisotopic (exact) mass is 287 g/mol. The molecule has 108 valence electrons. The molecule has 0 bridgehead atoms. The molecular weight excluding hydrogens is 274 g/mol. The molecule has 0 aliphatic rings. The molecule has 0 heterocycles. The van der Waals surface area contributed by atoms with Crippen molar-refractivity contribution in [2.45, 2.75) is 6.92 Å². The highest BCUT2D eigenvalue weighted by atomic mass is 16.4. The van der Waals surface area contributed by atoms with Gasteiger partial charge in [0, 0.05) is 17.3 Å². The van der Waals surface area contributed by atoms with E-state index in [9.17, 15) is 19.8 Å². The van der Waals surface area contributed by atoms with Gasteiger partial charge < -0.3 is 20.6 Å². The molecule has 0 atom stereocenters. The highest BCUT2D eigenvalue weighted by Crippen LogP contribution is 2.22. The van der Waals surface area contributed by atoms with Crippen molar-refractivity contribution in [1.82, 2.24) is 0 Å². The molecule has 0 saturated carbocycles. The SMILES string of the molecule is Cc1ccc(NC(=O)c2cc(O)cc(O)c2)cc1C(=O)O. The van der Waals surface area contributed by atoms with E-state index in [0.717, 1.165) is 6.07 Å². The van der Waals surface area contributed by atoms with Crippen LogP contribution in [0.3, 0.4) is 0 Å². The van der Waals surface area contributed by atoms with Crippen LogP contribution in [0.5, 0.6) is 11.5 Å². The Bertz CT molecular complexity index is 704. The first-order valence-corrected chi connectivity index (χ1v) is 6.05. The number of phenolic OH excluding ortho intramolecular Hbond substituents is 2. The Kier molecular flexibility index (Phi) is 3.80. The van der Waals surface area contributed by atoms with E-state index < -0.39 is 11.9 Å². The van der Waals surface area contributed by atoms with E-state index in [-0.39, 0.29) is 22.6 Å². The van der Waals surface area contributed by atoms with Gasteiger partial charge in [-0.05, 0) is 36.8 Å². The molecular formula is C15H13NO5. The van der Waals surface area contributed by atoms with Gasteiger partial charge in [0.2, 0.25) is 0 Å². The van der Waals surface area contributed by atoms with E-state index in [4.69, 9.17) is 5.11 Å². The fraction of sp³-hybridized carbons (Fsp3) is 0.0667. The number of carboxylic acid groups (broad SMARTS) is 1. The number of aryl methyl sites for hydroxylation is 1. The van der Waals surface area contributed by atoms with Crippen LogP contribution >= 0.6 is 0 Å². The van der Waals surface area contributed by atoms with Crippen molar-refractivity contribution in [3.05, 3.63) is 53.1 Å². The van der Waals surface area contributed by atoms with Crippen LogP contribution in [0.4, 0.5) is 5.69 Å². The van der Waals surface area contributed by atoms with Crippen LogP contribution in [0.15, 0.2) is 36.4 Å². The lowest BCUT2D eigenvalue weighted by Gasteiger charge is -2.08. The number of aromatic carboxylic acids is 1. The maximum atomic E-state index is 12.0. The van der Waals surface area contributed by atoms with Gasteiger partial charge in [-0.25, -0.2) is 4.79 Å². The number of carbonyl (C=O) groups is 2. The number of rotatable bonds is 3. The minimum Gasteiger partial charge on any atom is -0.508 e. The zero-order valence-corrected chi connectivity index (χ0v) is 11.1. The average molecular weight is 287 g/mol. The van der Waals surface area contributed by atoms with Gasteiger partial charge in [0.1, 0.15) is 11.5 Å². The highest BCUT2D eigenvalue weighted by molar-refractivity contribution is 6.05. The summed E-state index contributed by atoms with van der Waals surface area (Å²) in [4.78, 5) is 23.0. The molecule has 0 aliphatic carbocycles. The molecule has 0 aromatic heterocycles. The van der Waals surface area contributed by atoms with Crippen molar-refractivity contribution in [3.8, 4) is 11.5 Å². The average Bonchev–Trinajstić information content (AvgIpc) is 2.39. The Labute approximate surface area is 120 Å². The predicted molar refractivity (Wildman–Crippen MR) is 75.9 cm³/mol. The van der Waals surface area contributed by atoms with Gasteiger partial charge in [0.25, 0.3) is 5.91 Å². The van der Waals surface area contributed by atoms with Gasteiger partial charge in [0.15, 0.2) is 0 Å². The van der Waals surface area contributed by atoms with Gasteiger partial charge in [-0.3, -0.25) is 4.79 Å². The fourth-order valence-electron chi connectivity index (χ4n) is 1.86.